The van der Waals surface area contributed by atoms with Gasteiger partial charge in [0.15, 0.2) is 5.65 Å². The zero-order valence-corrected chi connectivity index (χ0v) is 7.91. The van der Waals surface area contributed by atoms with Crippen molar-refractivity contribution in [2.24, 2.45) is 0 Å². The fourth-order valence-corrected chi connectivity index (χ4v) is 1.61. The molecule has 0 aliphatic carbocycles. The summed E-state index contributed by atoms with van der Waals surface area (Å²) in [5.41, 5.74) is 2.95. The van der Waals surface area contributed by atoms with Crippen molar-refractivity contribution in [3.63, 3.8) is 0 Å². The Bertz CT molecular complexity index is 586. The third-order valence-electron chi connectivity index (χ3n) is 2.31. The number of benzene rings is 1. The minimum Gasteiger partial charge on any atom is -0.200 e. The predicted octanol–water partition coefficient (Wildman–Crippen LogP) is 1.79. The fourth-order valence-electron chi connectivity index (χ4n) is 1.61. The summed E-state index contributed by atoms with van der Waals surface area (Å²) >= 11 is 0. The van der Waals surface area contributed by atoms with E-state index in [1.54, 1.807) is 4.52 Å². The molecule has 2 heterocycles. The van der Waals surface area contributed by atoms with Gasteiger partial charge in [-0.2, -0.15) is 0 Å². The van der Waals surface area contributed by atoms with Crippen LogP contribution in [-0.4, -0.2) is 20.0 Å². The highest BCUT2D eigenvalue weighted by Crippen LogP contribution is 2.21. The van der Waals surface area contributed by atoms with Crippen LogP contribution in [0.3, 0.4) is 0 Å². The number of hydrogen-bond acceptors (Lipinski definition) is 3. The van der Waals surface area contributed by atoms with E-state index in [-0.39, 0.29) is 0 Å². The molecule has 15 heavy (non-hydrogen) atoms. The summed E-state index contributed by atoms with van der Waals surface area (Å²) in [5.74, 6) is 0. The molecule has 0 bridgehead atoms. The largest absolute Gasteiger partial charge is 0.200 e. The van der Waals surface area contributed by atoms with E-state index >= 15 is 0 Å². The third kappa shape index (κ3) is 1.27. The Morgan fingerprint density at radius 3 is 2.67 bits per heavy atom. The fraction of sp³-hybridized carbons (Fsp3) is 0. The molecule has 2 aromatic heterocycles. The monoisotopic (exact) mass is 196 g/mol. The molecular weight excluding hydrogens is 188 g/mol. The molecule has 0 unspecified atom stereocenters. The van der Waals surface area contributed by atoms with Gasteiger partial charge in [-0.25, -0.2) is 4.52 Å². The van der Waals surface area contributed by atoms with E-state index in [9.17, 15) is 0 Å². The van der Waals surface area contributed by atoms with Crippen LogP contribution in [-0.2, 0) is 0 Å². The molecule has 0 atom stereocenters. The first-order valence-electron chi connectivity index (χ1n) is 4.67. The molecular formula is C11H8N4. The minimum absolute atomic E-state index is 0.781. The van der Waals surface area contributed by atoms with E-state index in [0.29, 0.717) is 0 Å². The Hall–Kier alpha value is -2.23. The van der Waals surface area contributed by atoms with Crippen LogP contribution in [0.4, 0.5) is 0 Å². The second-order valence-corrected chi connectivity index (χ2v) is 3.23. The first-order valence-corrected chi connectivity index (χ1v) is 4.67. The van der Waals surface area contributed by atoms with E-state index in [2.05, 4.69) is 15.5 Å². The summed E-state index contributed by atoms with van der Waals surface area (Å²) in [7, 11) is 0. The Morgan fingerprint density at radius 2 is 1.80 bits per heavy atom. The molecule has 0 fully saturated rings. The highest BCUT2D eigenvalue weighted by atomic mass is 15.5. The maximum absolute atomic E-state index is 4.00. The van der Waals surface area contributed by atoms with Gasteiger partial charge in [-0.05, 0) is 28.1 Å². The van der Waals surface area contributed by atoms with E-state index < -0.39 is 0 Å². The van der Waals surface area contributed by atoms with Crippen LogP contribution in [0.15, 0.2) is 48.7 Å². The maximum Gasteiger partial charge on any atom is 0.186 e. The van der Waals surface area contributed by atoms with Gasteiger partial charge >= 0.3 is 0 Å². The molecule has 1 aromatic carbocycles. The lowest BCUT2D eigenvalue weighted by atomic mass is 10.1. The van der Waals surface area contributed by atoms with Gasteiger partial charge in [-0.15, -0.1) is 5.10 Å². The summed E-state index contributed by atoms with van der Waals surface area (Å²) in [4.78, 5) is 0. The molecule has 0 saturated heterocycles. The summed E-state index contributed by atoms with van der Waals surface area (Å²) in [6, 6.07) is 14.0. The van der Waals surface area contributed by atoms with Gasteiger partial charge in [0, 0.05) is 11.8 Å². The molecule has 0 aliphatic rings. The number of hydrogen-bond donors (Lipinski definition) is 0. The highest BCUT2D eigenvalue weighted by Gasteiger charge is 2.05. The second kappa shape index (κ2) is 3.16. The van der Waals surface area contributed by atoms with Crippen molar-refractivity contribution < 1.29 is 0 Å². The van der Waals surface area contributed by atoms with Gasteiger partial charge in [0.1, 0.15) is 0 Å². The van der Waals surface area contributed by atoms with Gasteiger partial charge in [-0.1, -0.05) is 30.3 Å². The van der Waals surface area contributed by atoms with E-state index in [1.165, 1.54) is 0 Å². The van der Waals surface area contributed by atoms with Crippen LogP contribution in [0.1, 0.15) is 0 Å². The summed E-state index contributed by atoms with van der Waals surface area (Å²) in [6.45, 7) is 0. The zero-order chi connectivity index (χ0) is 10.1. The predicted molar refractivity (Wildman–Crippen MR) is 56.2 cm³/mol. The van der Waals surface area contributed by atoms with Crippen LogP contribution >= 0.6 is 0 Å². The molecule has 0 saturated carbocycles. The number of nitrogens with zero attached hydrogens (tertiary/aromatic N) is 4. The molecule has 0 aliphatic heterocycles. The van der Waals surface area contributed by atoms with Crippen LogP contribution in [0.5, 0.6) is 0 Å². The first-order chi connectivity index (χ1) is 7.45. The van der Waals surface area contributed by atoms with Crippen LogP contribution in [0, 0.1) is 0 Å². The highest BCUT2D eigenvalue weighted by molar-refractivity contribution is 5.76. The standard InChI is InChI=1S/C11H8N4/c1-2-5-9(6-3-1)10-7-4-8-15-11(10)12-13-14-15/h1-8H. The molecule has 3 aromatic rings. The van der Waals surface area contributed by atoms with E-state index in [4.69, 9.17) is 0 Å². The van der Waals surface area contributed by atoms with Crippen molar-refractivity contribution in [2.45, 2.75) is 0 Å². The van der Waals surface area contributed by atoms with Crippen molar-refractivity contribution in [1.82, 2.24) is 20.0 Å². The Morgan fingerprint density at radius 1 is 0.933 bits per heavy atom. The van der Waals surface area contributed by atoms with Crippen molar-refractivity contribution in [1.29, 1.82) is 0 Å². The van der Waals surface area contributed by atoms with Gasteiger partial charge in [0.05, 0.1) is 0 Å². The number of tetrazole rings is 1. The molecule has 0 N–H and O–H groups in total. The Balaban J connectivity index is 2.31. The molecule has 4 nitrogen and oxygen atoms in total. The van der Waals surface area contributed by atoms with E-state index in [0.717, 1.165) is 16.8 Å². The van der Waals surface area contributed by atoms with Crippen molar-refractivity contribution in [2.75, 3.05) is 0 Å². The average molecular weight is 196 g/mol. The van der Waals surface area contributed by atoms with E-state index in [1.807, 2.05) is 48.7 Å². The lowest BCUT2D eigenvalue weighted by Crippen LogP contribution is -1.88. The van der Waals surface area contributed by atoms with Crippen LogP contribution < -0.4 is 0 Å². The summed E-state index contributed by atoms with van der Waals surface area (Å²) in [5, 5.41) is 11.5. The summed E-state index contributed by atoms with van der Waals surface area (Å²) < 4.78 is 1.67. The SMILES string of the molecule is c1ccc(-c2cccn3nnnc23)cc1. The molecule has 0 radical (unpaired) electrons. The number of pyridine rings is 1. The second-order valence-electron chi connectivity index (χ2n) is 3.23. The molecule has 4 heteroatoms. The normalized spacial score (nSPS) is 10.7. The summed E-state index contributed by atoms with van der Waals surface area (Å²) in [6.07, 6.45) is 1.84. The lowest BCUT2D eigenvalue weighted by molar-refractivity contribution is 0.823. The van der Waals surface area contributed by atoms with Crippen molar-refractivity contribution in [3.05, 3.63) is 48.7 Å². The maximum atomic E-state index is 4.00. The Kier molecular flexibility index (Phi) is 1.71. The van der Waals surface area contributed by atoms with Gasteiger partial charge < -0.3 is 0 Å². The topological polar surface area (TPSA) is 43.1 Å². The number of rotatable bonds is 1. The van der Waals surface area contributed by atoms with Crippen molar-refractivity contribution >= 4 is 5.65 Å². The zero-order valence-electron chi connectivity index (χ0n) is 7.91. The van der Waals surface area contributed by atoms with Crippen LogP contribution in [0.25, 0.3) is 16.8 Å². The quantitative estimate of drug-likeness (QED) is 0.596. The Labute approximate surface area is 86.2 Å². The molecule has 0 spiro atoms. The molecule has 72 valence electrons. The first kappa shape index (κ1) is 8.11. The van der Waals surface area contributed by atoms with Gasteiger partial charge in [0.2, 0.25) is 0 Å². The van der Waals surface area contributed by atoms with Gasteiger partial charge in [0.25, 0.3) is 0 Å². The number of fused-ring (bicyclic) bond motifs is 1. The third-order valence-corrected chi connectivity index (χ3v) is 2.31. The number of aromatic nitrogens is 4. The average Bonchev–Trinajstić information content (AvgIpc) is 2.78. The minimum atomic E-state index is 0.781. The smallest absolute Gasteiger partial charge is 0.186 e. The van der Waals surface area contributed by atoms with Crippen LogP contribution in [0.2, 0.25) is 0 Å². The molecule has 0 amide bonds. The van der Waals surface area contributed by atoms with Gasteiger partial charge in [-0.3, -0.25) is 0 Å². The van der Waals surface area contributed by atoms with Crippen molar-refractivity contribution in [3.8, 4) is 11.1 Å². The lowest BCUT2D eigenvalue weighted by Gasteiger charge is -2.00. The molecule has 3 rings (SSSR count).